The van der Waals surface area contributed by atoms with Crippen LogP contribution in [0.2, 0.25) is 0 Å². The summed E-state index contributed by atoms with van der Waals surface area (Å²) in [6, 6.07) is 12.3. The number of hydrogen-bond donors (Lipinski definition) is 0. The molecule has 0 N–H and O–H groups in total. The summed E-state index contributed by atoms with van der Waals surface area (Å²) >= 11 is 0. The minimum atomic E-state index is 0.512. The fourth-order valence-corrected chi connectivity index (χ4v) is 3.04. The number of nitriles is 1. The SMILES string of the molecule is CCCCCCCC(CC)c1ccc2cccc(C#N)c2n1. The topological polar surface area (TPSA) is 36.7 Å². The number of hydrogen-bond acceptors (Lipinski definition) is 2. The highest BCUT2D eigenvalue weighted by molar-refractivity contribution is 5.84. The summed E-state index contributed by atoms with van der Waals surface area (Å²) in [6.45, 7) is 4.49. The van der Waals surface area contributed by atoms with Gasteiger partial charge in [0.1, 0.15) is 6.07 Å². The van der Waals surface area contributed by atoms with Gasteiger partial charge in [-0.1, -0.05) is 64.2 Å². The zero-order valence-electron chi connectivity index (χ0n) is 13.8. The summed E-state index contributed by atoms with van der Waals surface area (Å²) in [5, 5.41) is 10.3. The molecule has 0 saturated heterocycles. The van der Waals surface area contributed by atoms with Gasteiger partial charge >= 0.3 is 0 Å². The fourth-order valence-electron chi connectivity index (χ4n) is 3.04. The summed E-state index contributed by atoms with van der Waals surface area (Å²) in [7, 11) is 0. The number of unbranched alkanes of at least 4 members (excludes halogenated alkanes) is 4. The Kier molecular flexibility index (Phi) is 6.40. The first kappa shape index (κ1) is 16.5. The van der Waals surface area contributed by atoms with Gasteiger partial charge in [-0.15, -0.1) is 0 Å². The molecule has 2 aromatic rings. The predicted molar refractivity (Wildman–Crippen MR) is 92.9 cm³/mol. The van der Waals surface area contributed by atoms with Gasteiger partial charge in [-0.2, -0.15) is 5.26 Å². The van der Waals surface area contributed by atoms with Crippen LogP contribution in [-0.4, -0.2) is 4.98 Å². The van der Waals surface area contributed by atoms with Gasteiger partial charge in [-0.25, -0.2) is 0 Å². The Hall–Kier alpha value is -1.88. The van der Waals surface area contributed by atoms with E-state index < -0.39 is 0 Å². The van der Waals surface area contributed by atoms with Crippen molar-refractivity contribution >= 4 is 10.9 Å². The van der Waals surface area contributed by atoms with Gasteiger partial charge in [0.05, 0.1) is 11.1 Å². The first-order chi connectivity index (χ1) is 10.8. The third kappa shape index (κ3) is 4.07. The maximum atomic E-state index is 9.26. The molecule has 0 aliphatic heterocycles. The van der Waals surface area contributed by atoms with Gasteiger partial charge in [0, 0.05) is 17.0 Å². The Morgan fingerprint density at radius 2 is 1.86 bits per heavy atom. The molecule has 0 bridgehead atoms. The fraction of sp³-hybridized carbons (Fsp3) is 0.500. The maximum Gasteiger partial charge on any atom is 0.101 e. The van der Waals surface area contributed by atoms with Crippen molar-refractivity contribution in [1.29, 1.82) is 5.26 Å². The molecule has 116 valence electrons. The van der Waals surface area contributed by atoms with E-state index in [1.807, 2.05) is 18.2 Å². The first-order valence-corrected chi connectivity index (χ1v) is 8.59. The molecule has 1 atom stereocenters. The lowest BCUT2D eigenvalue weighted by Gasteiger charge is -2.15. The average molecular weight is 294 g/mol. The number of pyridine rings is 1. The molecule has 22 heavy (non-hydrogen) atoms. The van der Waals surface area contributed by atoms with Crippen molar-refractivity contribution in [3.05, 3.63) is 41.6 Å². The molecule has 2 heteroatoms. The highest BCUT2D eigenvalue weighted by Gasteiger charge is 2.12. The molecule has 2 rings (SSSR count). The second-order valence-electron chi connectivity index (χ2n) is 6.03. The second kappa shape index (κ2) is 8.54. The standard InChI is InChI=1S/C20H26N2/c1-3-5-6-7-8-10-16(4-2)19-14-13-17-11-9-12-18(15-21)20(17)22-19/h9,11-14,16H,3-8,10H2,1-2H3. The van der Waals surface area contributed by atoms with Crippen molar-refractivity contribution < 1.29 is 0 Å². The van der Waals surface area contributed by atoms with E-state index in [1.54, 1.807) is 0 Å². The van der Waals surface area contributed by atoms with Crippen LogP contribution in [0.15, 0.2) is 30.3 Å². The number of benzene rings is 1. The van der Waals surface area contributed by atoms with Crippen LogP contribution < -0.4 is 0 Å². The Bertz CT molecular complexity index is 640. The molecule has 0 radical (unpaired) electrons. The van der Waals surface area contributed by atoms with Crippen molar-refractivity contribution in [2.75, 3.05) is 0 Å². The van der Waals surface area contributed by atoms with E-state index in [-0.39, 0.29) is 0 Å². The van der Waals surface area contributed by atoms with Gasteiger partial charge in [-0.05, 0) is 25.0 Å². The van der Waals surface area contributed by atoms with E-state index in [0.29, 0.717) is 11.5 Å². The molecule has 0 aliphatic rings. The molecule has 0 aliphatic carbocycles. The monoisotopic (exact) mass is 294 g/mol. The van der Waals surface area contributed by atoms with Gasteiger partial charge in [0.15, 0.2) is 0 Å². The molecule has 1 aromatic carbocycles. The van der Waals surface area contributed by atoms with E-state index in [4.69, 9.17) is 4.98 Å². The van der Waals surface area contributed by atoms with Crippen LogP contribution in [0.5, 0.6) is 0 Å². The molecule has 0 saturated carbocycles. The number of fused-ring (bicyclic) bond motifs is 1. The smallest absolute Gasteiger partial charge is 0.101 e. The van der Waals surface area contributed by atoms with Gasteiger partial charge < -0.3 is 0 Å². The lowest BCUT2D eigenvalue weighted by molar-refractivity contribution is 0.528. The van der Waals surface area contributed by atoms with E-state index in [9.17, 15) is 5.26 Å². The lowest BCUT2D eigenvalue weighted by atomic mass is 9.93. The van der Waals surface area contributed by atoms with Crippen LogP contribution in [0.1, 0.15) is 76.0 Å². The van der Waals surface area contributed by atoms with Crippen molar-refractivity contribution in [1.82, 2.24) is 4.98 Å². The third-order valence-corrected chi connectivity index (χ3v) is 4.43. The molecule has 0 fully saturated rings. The van der Waals surface area contributed by atoms with Crippen molar-refractivity contribution in [2.24, 2.45) is 0 Å². The van der Waals surface area contributed by atoms with Crippen LogP contribution in [0.25, 0.3) is 10.9 Å². The molecule has 2 nitrogen and oxygen atoms in total. The molecule has 0 amide bonds. The first-order valence-electron chi connectivity index (χ1n) is 8.59. The Morgan fingerprint density at radius 1 is 1.05 bits per heavy atom. The minimum absolute atomic E-state index is 0.512. The van der Waals surface area contributed by atoms with E-state index >= 15 is 0 Å². The van der Waals surface area contributed by atoms with Crippen molar-refractivity contribution in [3.8, 4) is 6.07 Å². The van der Waals surface area contributed by atoms with E-state index in [2.05, 4.69) is 32.0 Å². The summed E-state index contributed by atoms with van der Waals surface area (Å²) in [4.78, 5) is 4.81. The van der Waals surface area contributed by atoms with Crippen LogP contribution in [-0.2, 0) is 0 Å². The summed E-state index contributed by atoms with van der Waals surface area (Å²) in [5.74, 6) is 0.512. The lowest BCUT2D eigenvalue weighted by Crippen LogP contribution is -2.01. The van der Waals surface area contributed by atoms with Crippen LogP contribution in [0.4, 0.5) is 0 Å². The Labute approximate surface area is 134 Å². The quantitative estimate of drug-likeness (QED) is 0.563. The molecule has 0 spiro atoms. The zero-order chi connectivity index (χ0) is 15.8. The van der Waals surface area contributed by atoms with Crippen molar-refractivity contribution in [2.45, 2.75) is 64.7 Å². The minimum Gasteiger partial charge on any atom is -0.251 e. The van der Waals surface area contributed by atoms with Crippen LogP contribution in [0, 0.1) is 11.3 Å². The number of aromatic nitrogens is 1. The van der Waals surface area contributed by atoms with Crippen LogP contribution >= 0.6 is 0 Å². The highest BCUT2D eigenvalue weighted by Crippen LogP contribution is 2.27. The highest BCUT2D eigenvalue weighted by atomic mass is 14.7. The van der Waals surface area contributed by atoms with E-state index in [1.165, 1.54) is 38.5 Å². The number of para-hydroxylation sites is 1. The molecule has 1 unspecified atom stereocenters. The molecule has 1 heterocycles. The average Bonchev–Trinajstić information content (AvgIpc) is 2.57. The van der Waals surface area contributed by atoms with Crippen molar-refractivity contribution in [3.63, 3.8) is 0 Å². The molecular formula is C20H26N2. The Balaban J connectivity index is 2.12. The Morgan fingerprint density at radius 3 is 2.59 bits per heavy atom. The summed E-state index contributed by atoms with van der Waals surface area (Å²) in [6.07, 6.45) is 8.89. The number of rotatable bonds is 8. The summed E-state index contributed by atoms with van der Waals surface area (Å²) < 4.78 is 0. The second-order valence-corrected chi connectivity index (χ2v) is 6.03. The van der Waals surface area contributed by atoms with Gasteiger partial charge in [-0.3, -0.25) is 4.98 Å². The predicted octanol–water partition coefficient (Wildman–Crippen LogP) is 5.96. The normalized spacial score (nSPS) is 12.2. The maximum absolute atomic E-state index is 9.26. The summed E-state index contributed by atoms with van der Waals surface area (Å²) in [5.41, 5.74) is 2.68. The molecule has 1 aromatic heterocycles. The third-order valence-electron chi connectivity index (χ3n) is 4.43. The van der Waals surface area contributed by atoms with Gasteiger partial charge in [0.25, 0.3) is 0 Å². The van der Waals surface area contributed by atoms with E-state index in [0.717, 1.165) is 23.0 Å². The number of nitrogens with zero attached hydrogens (tertiary/aromatic N) is 2. The largest absolute Gasteiger partial charge is 0.251 e. The van der Waals surface area contributed by atoms with Crippen LogP contribution in [0.3, 0.4) is 0 Å². The molecular weight excluding hydrogens is 268 g/mol. The van der Waals surface area contributed by atoms with Gasteiger partial charge in [0.2, 0.25) is 0 Å². The zero-order valence-corrected chi connectivity index (χ0v) is 13.8.